The molecule has 104 valence electrons. The van der Waals surface area contributed by atoms with Gasteiger partial charge in [-0.15, -0.1) is 0 Å². The van der Waals surface area contributed by atoms with E-state index in [4.69, 9.17) is 5.73 Å². The second-order valence-corrected chi connectivity index (χ2v) is 4.08. The molecule has 0 aliphatic carbocycles. The van der Waals surface area contributed by atoms with Crippen LogP contribution in [-0.2, 0) is 9.53 Å². The number of rotatable bonds is 3. The summed E-state index contributed by atoms with van der Waals surface area (Å²) >= 11 is 0. The lowest BCUT2D eigenvalue weighted by Crippen LogP contribution is -2.09. The maximum Gasteiger partial charge on any atom is 0.343 e. The Morgan fingerprint density at radius 3 is 2.80 bits per heavy atom. The maximum atomic E-state index is 11.5. The van der Waals surface area contributed by atoms with Crippen molar-refractivity contribution in [2.75, 3.05) is 18.2 Å². The molecule has 0 saturated carbocycles. The molecule has 1 aromatic heterocycles. The molecular formula is C13H14N4O3. The predicted molar refractivity (Wildman–Crippen MR) is 73.6 cm³/mol. The standard InChI is InChI=1S/C13H14N4O3/c1-8(18)16-9-4-3-5-10(6-9)17-12(14)11(7-15-17)13(19)20-2/h3-7H,14H2,1-2H3,(H,16,18). The van der Waals surface area contributed by atoms with Crippen molar-refractivity contribution < 1.29 is 14.3 Å². The highest BCUT2D eigenvalue weighted by atomic mass is 16.5. The molecule has 0 radical (unpaired) electrons. The smallest absolute Gasteiger partial charge is 0.343 e. The molecule has 1 aromatic carbocycles. The molecule has 0 saturated heterocycles. The molecule has 0 unspecified atom stereocenters. The molecule has 0 fully saturated rings. The first-order valence-electron chi connectivity index (χ1n) is 5.82. The van der Waals surface area contributed by atoms with Gasteiger partial charge in [-0.3, -0.25) is 4.79 Å². The average molecular weight is 274 g/mol. The van der Waals surface area contributed by atoms with E-state index in [9.17, 15) is 9.59 Å². The molecule has 3 N–H and O–H groups in total. The fourth-order valence-corrected chi connectivity index (χ4v) is 1.75. The first-order chi connectivity index (χ1) is 9.52. The number of ether oxygens (including phenoxy) is 1. The molecule has 20 heavy (non-hydrogen) atoms. The van der Waals surface area contributed by atoms with Crippen LogP contribution < -0.4 is 11.1 Å². The fourth-order valence-electron chi connectivity index (χ4n) is 1.75. The van der Waals surface area contributed by atoms with Gasteiger partial charge in [-0.05, 0) is 18.2 Å². The second kappa shape index (κ2) is 5.43. The number of nitrogen functional groups attached to an aromatic ring is 1. The van der Waals surface area contributed by atoms with Crippen LogP contribution in [0.3, 0.4) is 0 Å². The molecule has 0 atom stereocenters. The number of hydrogen-bond acceptors (Lipinski definition) is 5. The maximum absolute atomic E-state index is 11.5. The van der Waals surface area contributed by atoms with Crippen LogP contribution in [0.1, 0.15) is 17.3 Å². The molecule has 1 heterocycles. The van der Waals surface area contributed by atoms with Crippen molar-refractivity contribution in [2.24, 2.45) is 0 Å². The molecule has 2 aromatic rings. The predicted octanol–water partition coefficient (Wildman–Crippen LogP) is 1.20. The van der Waals surface area contributed by atoms with E-state index in [1.54, 1.807) is 24.3 Å². The van der Waals surface area contributed by atoms with E-state index >= 15 is 0 Å². The highest BCUT2D eigenvalue weighted by molar-refractivity contribution is 5.94. The third kappa shape index (κ3) is 2.61. The molecule has 7 heteroatoms. The summed E-state index contributed by atoms with van der Waals surface area (Å²) in [7, 11) is 1.27. The van der Waals surface area contributed by atoms with Crippen molar-refractivity contribution in [1.29, 1.82) is 0 Å². The van der Waals surface area contributed by atoms with Crippen LogP contribution in [0.25, 0.3) is 5.69 Å². The van der Waals surface area contributed by atoms with Crippen LogP contribution >= 0.6 is 0 Å². The van der Waals surface area contributed by atoms with Crippen molar-refractivity contribution in [1.82, 2.24) is 9.78 Å². The Labute approximate surface area is 115 Å². The van der Waals surface area contributed by atoms with Gasteiger partial charge >= 0.3 is 5.97 Å². The van der Waals surface area contributed by atoms with Crippen molar-refractivity contribution in [2.45, 2.75) is 6.92 Å². The van der Waals surface area contributed by atoms with Crippen LogP contribution in [0.5, 0.6) is 0 Å². The van der Waals surface area contributed by atoms with E-state index < -0.39 is 5.97 Å². The zero-order valence-corrected chi connectivity index (χ0v) is 11.1. The number of anilines is 2. The van der Waals surface area contributed by atoms with Crippen LogP contribution in [0.2, 0.25) is 0 Å². The lowest BCUT2D eigenvalue weighted by Gasteiger charge is -2.07. The Morgan fingerprint density at radius 1 is 1.40 bits per heavy atom. The number of nitrogens with zero attached hydrogens (tertiary/aromatic N) is 2. The number of nitrogens with one attached hydrogen (secondary N) is 1. The zero-order chi connectivity index (χ0) is 14.7. The molecule has 1 amide bonds. The third-order valence-corrected chi connectivity index (χ3v) is 2.62. The second-order valence-electron chi connectivity index (χ2n) is 4.08. The molecule has 7 nitrogen and oxygen atoms in total. The topological polar surface area (TPSA) is 99.2 Å². The summed E-state index contributed by atoms with van der Waals surface area (Å²) in [6.07, 6.45) is 1.34. The number of methoxy groups -OCH3 is 1. The molecule has 2 rings (SSSR count). The number of amides is 1. The summed E-state index contributed by atoms with van der Waals surface area (Å²) in [5, 5.41) is 6.72. The van der Waals surface area contributed by atoms with Gasteiger partial charge in [0.05, 0.1) is 19.0 Å². The van der Waals surface area contributed by atoms with Gasteiger partial charge in [0.1, 0.15) is 11.4 Å². The Kier molecular flexibility index (Phi) is 3.69. The molecule has 0 spiro atoms. The Morgan fingerprint density at radius 2 is 2.15 bits per heavy atom. The van der Waals surface area contributed by atoms with E-state index in [0.29, 0.717) is 11.4 Å². The largest absolute Gasteiger partial charge is 0.465 e. The molecular weight excluding hydrogens is 260 g/mol. The van der Waals surface area contributed by atoms with Gasteiger partial charge in [0, 0.05) is 12.6 Å². The van der Waals surface area contributed by atoms with E-state index in [1.807, 2.05) is 0 Å². The Hall–Kier alpha value is -2.83. The van der Waals surface area contributed by atoms with Gasteiger partial charge in [-0.25, -0.2) is 9.48 Å². The van der Waals surface area contributed by atoms with Crippen molar-refractivity contribution in [3.8, 4) is 5.69 Å². The number of esters is 1. The summed E-state index contributed by atoms with van der Waals surface area (Å²) in [5.74, 6) is -0.547. The molecule has 0 aliphatic heterocycles. The quantitative estimate of drug-likeness (QED) is 0.819. The van der Waals surface area contributed by atoms with Crippen LogP contribution in [0.15, 0.2) is 30.5 Å². The highest BCUT2D eigenvalue weighted by Gasteiger charge is 2.16. The van der Waals surface area contributed by atoms with E-state index in [1.165, 1.54) is 24.9 Å². The molecule has 0 aliphatic rings. The Bertz CT molecular complexity index is 663. The summed E-state index contributed by atoms with van der Waals surface area (Å²) in [5.41, 5.74) is 7.31. The van der Waals surface area contributed by atoms with Gasteiger partial charge < -0.3 is 15.8 Å². The lowest BCUT2D eigenvalue weighted by molar-refractivity contribution is -0.114. The normalized spacial score (nSPS) is 10.1. The average Bonchev–Trinajstić information content (AvgIpc) is 2.79. The van der Waals surface area contributed by atoms with E-state index in [2.05, 4.69) is 15.2 Å². The fraction of sp³-hybridized carbons (Fsp3) is 0.154. The summed E-state index contributed by atoms with van der Waals surface area (Å²) in [6.45, 7) is 1.42. The van der Waals surface area contributed by atoms with Gasteiger partial charge in [0.2, 0.25) is 5.91 Å². The zero-order valence-electron chi connectivity index (χ0n) is 11.1. The van der Waals surface area contributed by atoms with Gasteiger partial charge in [-0.1, -0.05) is 6.07 Å². The number of carbonyl (C=O) groups excluding carboxylic acids is 2. The van der Waals surface area contributed by atoms with Crippen molar-refractivity contribution in [3.63, 3.8) is 0 Å². The number of aromatic nitrogens is 2. The first-order valence-corrected chi connectivity index (χ1v) is 5.82. The third-order valence-electron chi connectivity index (χ3n) is 2.62. The monoisotopic (exact) mass is 274 g/mol. The summed E-state index contributed by atoms with van der Waals surface area (Å²) < 4.78 is 6.01. The lowest BCUT2D eigenvalue weighted by atomic mass is 10.2. The number of benzene rings is 1. The van der Waals surface area contributed by atoms with Crippen LogP contribution in [-0.4, -0.2) is 28.8 Å². The highest BCUT2D eigenvalue weighted by Crippen LogP contribution is 2.20. The van der Waals surface area contributed by atoms with Crippen molar-refractivity contribution in [3.05, 3.63) is 36.0 Å². The minimum atomic E-state index is -0.549. The van der Waals surface area contributed by atoms with Gasteiger partial charge in [0.25, 0.3) is 0 Å². The van der Waals surface area contributed by atoms with Gasteiger partial charge in [-0.2, -0.15) is 5.10 Å². The number of hydrogen-bond donors (Lipinski definition) is 2. The first kappa shape index (κ1) is 13.6. The van der Waals surface area contributed by atoms with Crippen molar-refractivity contribution >= 4 is 23.4 Å². The van der Waals surface area contributed by atoms with Crippen LogP contribution in [0, 0.1) is 0 Å². The van der Waals surface area contributed by atoms with E-state index in [-0.39, 0.29) is 17.3 Å². The SMILES string of the molecule is COC(=O)c1cnn(-c2cccc(NC(C)=O)c2)c1N. The summed E-state index contributed by atoms with van der Waals surface area (Å²) in [6, 6.07) is 6.95. The van der Waals surface area contributed by atoms with Crippen LogP contribution in [0.4, 0.5) is 11.5 Å². The number of nitrogens with two attached hydrogens (primary N) is 1. The Balaban J connectivity index is 2.39. The van der Waals surface area contributed by atoms with E-state index in [0.717, 1.165) is 0 Å². The summed E-state index contributed by atoms with van der Waals surface area (Å²) in [4.78, 5) is 22.5. The minimum Gasteiger partial charge on any atom is -0.465 e. The van der Waals surface area contributed by atoms with Gasteiger partial charge in [0.15, 0.2) is 0 Å². The number of carbonyl (C=O) groups is 2. The molecule has 0 bridgehead atoms. The minimum absolute atomic E-state index is 0.175.